The summed E-state index contributed by atoms with van der Waals surface area (Å²) in [4.78, 5) is 38.3. The van der Waals surface area contributed by atoms with Gasteiger partial charge in [0, 0.05) is 0 Å². The number of nitrogens with one attached hydrogen (secondary N) is 1. The smallest absolute Gasteiger partial charge is 0.323 e. The van der Waals surface area contributed by atoms with Gasteiger partial charge in [-0.2, -0.15) is 0 Å². The molecule has 2 amide bonds. The average Bonchev–Trinajstić information content (AvgIpc) is 3.17. The van der Waals surface area contributed by atoms with Crippen LogP contribution >= 0.6 is 24.0 Å². The van der Waals surface area contributed by atoms with Crippen molar-refractivity contribution in [3.63, 3.8) is 0 Å². The van der Waals surface area contributed by atoms with Crippen molar-refractivity contribution in [1.82, 2.24) is 9.62 Å². The van der Waals surface area contributed by atoms with Gasteiger partial charge in [-0.05, 0) is 36.8 Å². The Labute approximate surface area is 199 Å². The van der Waals surface area contributed by atoms with Gasteiger partial charge in [-0.3, -0.25) is 28.9 Å². The van der Waals surface area contributed by atoms with Gasteiger partial charge in [0.2, 0.25) is 15.9 Å². The van der Waals surface area contributed by atoms with E-state index in [1.807, 2.05) is 4.72 Å². The Balaban J connectivity index is 1.82. The van der Waals surface area contributed by atoms with Gasteiger partial charge in [0.05, 0.1) is 16.8 Å². The zero-order valence-electron chi connectivity index (χ0n) is 17.5. The van der Waals surface area contributed by atoms with E-state index in [0.717, 1.165) is 22.9 Å². The molecule has 1 saturated heterocycles. The van der Waals surface area contributed by atoms with Crippen molar-refractivity contribution < 1.29 is 32.6 Å². The zero-order valence-corrected chi connectivity index (χ0v) is 19.9. The largest absolute Gasteiger partial charge is 0.480 e. The molecule has 33 heavy (non-hydrogen) atoms. The van der Waals surface area contributed by atoms with Crippen LogP contribution in [0.25, 0.3) is 0 Å². The van der Waals surface area contributed by atoms with E-state index in [4.69, 9.17) is 22.1 Å². The molecule has 2 N–H and O–H groups in total. The van der Waals surface area contributed by atoms with Crippen molar-refractivity contribution in [2.24, 2.45) is 0 Å². The normalized spacial score (nSPS) is 18.7. The zero-order chi connectivity index (χ0) is 24.3. The second kappa shape index (κ2) is 9.77. The molecular formula is C20H19N3O7S3. The van der Waals surface area contributed by atoms with Crippen molar-refractivity contribution in [2.45, 2.75) is 6.92 Å². The molecule has 174 valence electrons. The number of fused-ring (bicyclic) bond motifs is 1. The fourth-order valence-electron chi connectivity index (χ4n) is 2.95. The van der Waals surface area contributed by atoms with E-state index in [1.165, 1.54) is 4.90 Å². The number of carbonyl (C=O) groups is 3. The van der Waals surface area contributed by atoms with E-state index in [9.17, 15) is 22.8 Å². The van der Waals surface area contributed by atoms with Crippen LogP contribution in [0.3, 0.4) is 0 Å². The highest BCUT2D eigenvalue weighted by Gasteiger charge is 2.33. The third kappa shape index (κ3) is 6.21. The summed E-state index contributed by atoms with van der Waals surface area (Å²) < 4.78 is 30.6. The van der Waals surface area contributed by atoms with Crippen LogP contribution in [0.4, 0.5) is 5.69 Å². The fourth-order valence-corrected chi connectivity index (χ4v) is 4.73. The molecule has 2 aliphatic heterocycles. The van der Waals surface area contributed by atoms with Crippen LogP contribution in [0, 0.1) is 0 Å². The first kappa shape index (κ1) is 24.5. The van der Waals surface area contributed by atoms with E-state index < -0.39 is 34.4 Å². The molecule has 1 fully saturated rings. The van der Waals surface area contributed by atoms with Crippen LogP contribution in [-0.2, 0) is 24.4 Å². The van der Waals surface area contributed by atoms with Crippen molar-refractivity contribution >= 4 is 61.8 Å². The average molecular weight is 510 g/mol. The van der Waals surface area contributed by atoms with E-state index in [-0.39, 0.29) is 21.7 Å². The van der Waals surface area contributed by atoms with Crippen LogP contribution in [0.15, 0.2) is 58.9 Å². The molecular weight excluding hydrogens is 490 g/mol. The molecule has 0 aliphatic carbocycles. The van der Waals surface area contributed by atoms with E-state index >= 15 is 0 Å². The number of carboxylic acids is 1. The van der Waals surface area contributed by atoms with Gasteiger partial charge in [-0.1, -0.05) is 42.2 Å². The minimum atomic E-state index is -3.71. The Morgan fingerprint density at radius 1 is 1.24 bits per heavy atom. The summed E-state index contributed by atoms with van der Waals surface area (Å²) in [6.45, 7) is 0.922. The van der Waals surface area contributed by atoms with Crippen molar-refractivity contribution in [3.8, 4) is 5.75 Å². The van der Waals surface area contributed by atoms with Gasteiger partial charge >= 0.3 is 5.97 Å². The first-order valence-corrected chi connectivity index (χ1v) is 12.5. The number of thiocarbonyl (C=S) groups is 1. The fraction of sp³-hybridized carbons (Fsp3) is 0.200. The van der Waals surface area contributed by atoms with Gasteiger partial charge in [-0.25, -0.2) is 8.42 Å². The van der Waals surface area contributed by atoms with Crippen molar-refractivity contribution in [3.05, 3.63) is 58.9 Å². The summed E-state index contributed by atoms with van der Waals surface area (Å²) >= 11 is 6.08. The van der Waals surface area contributed by atoms with Gasteiger partial charge < -0.3 is 9.84 Å². The molecule has 13 heteroatoms. The molecule has 2 heterocycles. The Hall–Kier alpha value is -3.16. The van der Waals surface area contributed by atoms with Crippen LogP contribution in [0.2, 0.25) is 0 Å². The van der Waals surface area contributed by atoms with E-state index in [0.29, 0.717) is 17.0 Å². The molecule has 3 rings (SSSR count). The standard InChI is InChI=1S/C20H19N3O7S3/c1-12(9-15-19(27)23(11-18(25)26)20(31)32-15)7-8-17-22(10-16(24)21-33(2,28)29)13-5-3-4-6-14(13)30-17/h3-9H,10-11H2,1-2H3,(H,21,24)(H,25,26)/b12-7+,15-9+,17-8-. The monoisotopic (exact) mass is 509 g/mol. The number of para-hydroxylation sites is 2. The number of benzene rings is 1. The molecule has 0 atom stereocenters. The number of hydrogen-bond donors (Lipinski definition) is 2. The number of allylic oxidation sites excluding steroid dienone is 4. The number of nitrogens with zero attached hydrogens (tertiary/aromatic N) is 2. The number of hydrogen-bond acceptors (Lipinski definition) is 9. The molecule has 1 aromatic carbocycles. The lowest BCUT2D eigenvalue weighted by Gasteiger charge is -2.17. The summed E-state index contributed by atoms with van der Waals surface area (Å²) in [5, 5.41) is 8.93. The number of ether oxygens (including phenoxy) is 1. The second-order valence-corrected chi connectivity index (χ2v) is 10.5. The maximum absolute atomic E-state index is 12.4. The SMILES string of the molecule is CC(=C\C=C1/Oc2ccccc2N1CC(=O)NS(C)(=O)=O)/C=C1/SC(=S)N(CC(=O)O)C1=O. The van der Waals surface area contributed by atoms with Crippen LogP contribution in [0.1, 0.15) is 6.92 Å². The minimum Gasteiger partial charge on any atom is -0.480 e. The van der Waals surface area contributed by atoms with Crippen molar-refractivity contribution in [1.29, 1.82) is 0 Å². The Kier molecular flexibility index (Phi) is 7.25. The topological polar surface area (TPSA) is 133 Å². The lowest BCUT2D eigenvalue weighted by molar-refractivity contribution is -0.140. The molecule has 0 saturated carbocycles. The third-order valence-electron chi connectivity index (χ3n) is 4.25. The molecule has 0 bridgehead atoms. The van der Waals surface area contributed by atoms with E-state index in [1.54, 1.807) is 49.4 Å². The number of carbonyl (C=O) groups excluding carboxylic acids is 2. The number of thioether (sulfide) groups is 1. The van der Waals surface area contributed by atoms with Gasteiger partial charge in [0.15, 0.2) is 5.75 Å². The molecule has 0 spiro atoms. The number of rotatable bonds is 7. The summed E-state index contributed by atoms with van der Waals surface area (Å²) in [5.41, 5.74) is 1.23. The van der Waals surface area contributed by atoms with Crippen LogP contribution in [0.5, 0.6) is 5.75 Å². The maximum atomic E-state index is 12.4. The number of anilines is 1. The maximum Gasteiger partial charge on any atom is 0.323 e. The summed E-state index contributed by atoms with van der Waals surface area (Å²) in [5.74, 6) is -1.60. The minimum absolute atomic E-state index is 0.164. The lowest BCUT2D eigenvalue weighted by Crippen LogP contribution is -2.38. The van der Waals surface area contributed by atoms with Crippen LogP contribution < -0.4 is 14.4 Å². The summed E-state index contributed by atoms with van der Waals surface area (Å²) in [6.07, 6.45) is 5.69. The summed E-state index contributed by atoms with van der Waals surface area (Å²) in [7, 11) is -3.71. The predicted octanol–water partition coefficient (Wildman–Crippen LogP) is 1.58. The van der Waals surface area contributed by atoms with Crippen LogP contribution in [-0.4, -0.2) is 59.9 Å². The van der Waals surface area contributed by atoms with E-state index in [2.05, 4.69) is 0 Å². The molecule has 0 unspecified atom stereocenters. The molecule has 0 radical (unpaired) electrons. The summed E-state index contributed by atoms with van der Waals surface area (Å²) in [6, 6.07) is 6.96. The Morgan fingerprint density at radius 3 is 2.61 bits per heavy atom. The first-order chi connectivity index (χ1) is 15.4. The quantitative estimate of drug-likeness (QED) is 0.412. The molecule has 10 nitrogen and oxygen atoms in total. The third-order valence-corrected chi connectivity index (χ3v) is 6.23. The van der Waals surface area contributed by atoms with Gasteiger partial charge in [-0.15, -0.1) is 0 Å². The Morgan fingerprint density at radius 2 is 1.94 bits per heavy atom. The lowest BCUT2D eigenvalue weighted by atomic mass is 10.2. The first-order valence-electron chi connectivity index (χ1n) is 9.35. The highest BCUT2D eigenvalue weighted by molar-refractivity contribution is 8.26. The molecule has 2 aliphatic rings. The second-order valence-electron chi connectivity index (χ2n) is 7.03. The Bertz CT molecular complexity index is 1240. The highest BCUT2D eigenvalue weighted by Crippen LogP contribution is 2.38. The number of sulfonamides is 1. The highest BCUT2D eigenvalue weighted by atomic mass is 32.2. The van der Waals surface area contributed by atoms with Gasteiger partial charge in [0.1, 0.15) is 17.4 Å². The van der Waals surface area contributed by atoms with Crippen molar-refractivity contribution in [2.75, 3.05) is 24.2 Å². The molecule has 0 aromatic heterocycles. The number of carboxylic acid groups (broad SMARTS) is 1. The van der Waals surface area contributed by atoms with Gasteiger partial charge in [0.25, 0.3) is 11.8 Å². The number of amides is 2. The predicted molar refractivity (Wildman–Crippen MR) is 127 cm³/mol. The number of aliphatic carboxylic acids is 1. The molecule has 1 aromatic rings.